The Balaban J connectivity index is 0.000000161. The molecule has 11 rings (SSSR count). The zero-order valence-electron chi connectivity index (χ0n) is 42.1. The molecule has 374 valence electrons. The van der Waals surface area contributed by atoms with Gasteiger partial charge in [-0.25, -0.2) is 19.6 Å². The first-order chi connectivity index (χ1) is 35.1. The quantitative estimate of drug-likeness (QED) is 0.135. The summed E-state index contributed by atoms with van der Waals surface area (Å²) in [4.78, 5) is 33.5. The number of aromatic nitrogens is 4. The lowest BCUT2D eigenvalue weighted by atomic mass is 9.89. The highest BCUT2D eigenvalue weighted by atomic mass is 16.5. The van der Waals surface area contributed by atoms with Gasteiger partial charge in [-0.15, -0.1) is 0 Å². The van der Waals surface area contributed by atoms with Crippen molar-refractivity contribution in [2.24, 2.45) is 0 Å². The summed E-state index contributed by atoms with van der Waals surface area (Å²) < 4.78 is 18.7. The van der Waals surface area contributed by atoms with Gasteiger partial charge in [-0.3, -0.25) is 0 Å². The molecule has 7 aromatic rings. The minimum atomic E-state index is -1.82. The van der Waals surface area contributed by atoms with Gasteiger partial charge >= 0.3 is 11.9 Å². The van der Waals surface area contributed by atoms with Crippen LogP contribution in [-0.2, 0) is 51.4 Å². The Morgan fingerprint density at radius 2 is 1.15 bits per heavy atom. The summed E-state index contributed by atoms with van der Waals surface area (Å²) in [5.74, 6) is -1.53. The van der Waals surface area contributed by atoms with E-state index in [-0.39, 0.29) is 24.4 Å². The average molecular weight is 969 g/mol. The summed E-state index contributed by atoms with van der Waals surface area (Å²) in [6, 6.07) is 45.4. The normalized spacial score (nSPS) is 18.1. The number of hydrogen-bond acceptors (Lipinski definition) is 8. The van der Waals surface area contributed by atoms with E-state index in [1.165, 1.54) is 50.2 Å². The SMILES string of the molecule is CCCc1c(-c2ccccc2)nc2n1CCc1ccccc1C2OC1CCN(C)CC1.Cc1ccccc1-c1cccc2c1CCn1cc(-c3ccccc3)nc1C2OC1CCN(C)CC1.O=C(O)C(=O)O. The summed E-state index contributed by atoms with van der Waals surface area (Å²) in [6.07, 6.45) is 10.9. The van der Waals surface area contributed by atoms with E-state index < -0.39 is 11.9 Å². The van der Waals surface area contributed by atoms with Crippen molar-refractivity contribution in [2.45, 2.75) is 103 Å². The van der Waals surface area contributed by atoms with Crippen molar-refractivity contribution < 1.29 is 29.3 Å². The molecule has 0 aliphatic carbocycles. The lowest BCUT2D eigenvalue weighted by Gasteiger charge is -2.32. The maximum absolute atomic E-state index is 9.10. The molecule has 0 bridgehead atoms. The fraction of sp³-hybridized carbons (Fsp3) is 0.367. The molecule has 12 nitrogen and oxygen atoms in total. The molecule has 2 aromatic heterocycles. The topological polar surface area (TPSA) is 135 Å². The molecule has 2 N–H and O–H groups in total. The molecule has 5 aromatic carbocycles. The van der Waals surface area contributed by atoms with Gasteiger partial charge in [-0.1, -0.05) is 141 Å². The number of benzene rings is 5. The number of nitrogens with zero attached hydrogens (tertiary/aromatic N) is 6. The molecule has 4 aliphatic rings. The maximum atomic E-state index is 9.10. The molecule has 6 heterocycles. The van der Waals surface area contributed by atoms with Gasteiger partial charge in [0.15, 0.2) is 0 Å². The van der Waals surface area contributed by atoms with E-state index in [0.717, 1.165) is 119 Å². The lowest BCUT2D eigenvalue weighted by molar-refractivity contribution is -0.159. The Morgan fingerprint density at radius 1 is 0.597 bits per heavy atom. The van der Waals surface area contributed by atoms with Crippen LogP contribution in [0.5, 0.6) is 0 Å². The smallest absolute Gasteiger partial charge is 0.414 e. The maximum Gasteiger partial charge on any atom is 0.414 e. The number of fused-ring (bicyclic) bond motifs is 4. The predicted octanol–water partition coefficient (Wildman–Crippen LogP) is 10.7. The summed E-state index contributed by atoms with van der Waals surface area (Å²) in [6.45, 7) is 10.7. The van der Waals surface area contributed by atoms with E-state index in [2.05, 4.69) is 180 Å². The highest BCUT2D eigenvalue weighted by molar-refractivity contribution is 6.27. The van der Waals surface area contributed by atoms with E-state index >= 15 is 0 Å². The third-order valence-corrected chi connectivity index (χ3v) is 14.6. The molecule has 12 heteroatoms. The third kappa shape index (κ3) is 11.5. The molecule has 0 radical (unpaired) electrons. The molecule has 2 saturated heterocycles. The Kier molecular flexibility index (Phi) is 16.2. The van der Waals surface area contributed by atoms with Crippen molar-refractivity contribution in [3.8, 4) is 33.6 Å². The number of likely N-dealkylation sites (tertiary alicyclic amines) is 2. The predicted molar refractivity (Wildman–Crippen MR) is 282 cm³/mol. The summed E-state index contributed by atoms with van der Waals surface area (Å²) in [5.41, 5.74) is 15.2. The third-order valence-electron chi connectivity index (χ3n) is 14.6. The van der Waals surface area contributed by atoms with Crippen LogP contribution >= 0.6 is 0 Å². The molecular formula is C60H68N6O6. The highest BCUT2D eigenvalue weighted by Gasteiger charge is 2.34. The number of carbonyl (C=O) groups is 2. The number of imidazole rings is 2. The van der Waals surface area contributed by atoms with E-state index in [1.54, 1.807) is 0 Å². The van der Waals surface area contributed by atoms with Gasteiger partial charge in [-0.2, -0.15) is 0 Å². The standard InChI is InChI=1S/C31H33N3O.C27H33N3O.C2H2O4/c1-22-9-6-7-12-25(22)26-13-8-14-28-27(26)17-20-34-21-29(23-10-4-3-5-11-23)32-31(34)30(28)35-24-15-18-33(2)19-16-24;1-3-9-24-25(21-11-5-4-6-12-21)28-27-26(31-22-15-17-29(2)18-16-22)23-13-8-7-10-20(23)14-19-30(24)27;3-1(4)2(5)6/h3-14,21,24,30H,15-20H2,1-2H3;4-8,10-13,22,26H,3,9,14-19H2,1-2H3;(H,3,4)(H,5,6). The number of rotatable bonds is 9. The molecule has 0 amide bonds. The Morgan fingerprint density at radius 3 is 1.78 bits per heavy atom. The molecule has 0 spiro atoms. The average Bonchev–Trinajstić information content (AvgIpc) is 3.91. The van der Waals surface area contributed by atoms with Gasteiger partial charge in [-0.05, 0) is 105 Å². The molecule has 2 fully saturated rings. The molecule has 72 heavy (non-hydrogen) atoms. The van der Waals surface area contributed by atoms with Crippen LogP contribution in [0.4, 0.5) is 0 Å². The van der Waals surface area contributed by atoms with Gasteiger partial charge in [0.25, 0.3) is 0 Å². The van der Waals surface area contributed by atoms with E-state index in [0.29, 0.717) is 0 Å². The first-order valence-electron chi connectivity index (χ1n) is 25.7. The van der Waals surface area contributed by atoms with Crippen LogP contribution in [0.1, 0.15) is 96.4 Å². The highest BCUT2D eigenvalue weighted by Crippen LogP contribution is 2.41. The largest absolute Gasteiger partial charge is 0.473 e. The van der Waals surface area contributed by atoms with Crippen molar-refractivity contribution >= 4 is 11.9 Å². The fourth-order valence-corrected chi connectivity index (χ4v) is 10.8. The minimum Gasteiger partial charge on any atom is -0.473 e. The van der Waals surface area contributed by atoms with Gasteiger partial charge < -0.3 is 38.6 Å². The first-order valence-corrected chi connectivity index (χ1v) is 25.7. The van der Waals surface area contributed by atoms with Crippen LogP contribution in [0.3, 0.4) is 0 Å². The summed E-state index contributed by atoms with van der Waals surface area (Å²) in [7, 11) is 4.40. The molecule has 2 unspecified atom stereocenters. The Bertz CT molecular complexity index is 2920. The monoisotopic (exact) mass is 969 g/mol. The second-order valence-corrected chi connectivity index (χ2v) is 19.6. The molecule has 0 saturated carbocycles. The zero-order chi connectivity index (χ0) is 50.1. The number of carboxylic acids is 2. The summed E-state index contributed by atoms with van der Waals surface area (Å²) >= 11 is 0. The van der Waals surface area contributed by atoms with Crippen LogP contribution in [0, 0.1) is 6.92 Å². The molecule has 2 atom stereocenters. The number of piperidine rings is 2. The van der Waals surface area contributed by atoms with Gasteiger partial charge in [0.2, 0.25) is 0 Å². The van der Waals surface area contributed by atoms with Crippen molar-refractivity contribution in [3.05, 3.63) is 179 Å². The van der Waals surface area contributed by atoms with Crippen LogP contribution in [-0.4, -0.2) is 104 Å². The zero-order valence-corrected chi connectivity index (χ0v) is 42.1. The number of aryl methyl sites for hydroxylation is 3. The van der Waals surface area contributed by atoms with Crippen LogP contribution < -0.4 is 0 Å². The van der Waals surface area contributed by atoms with Crippen LogP contribution in [0.25, 0.3) is 33.6 Å². The van der Waals surface area contributed by atoms with E-state index in [4.69, 9.17) is 39.2 Å². The fourth-order valence-electron chi connectivity index (χ4n) is 10.8. The minimum absolute atomic E-state index is 0.0971. The first kappa shape index (κ1) is 50.2. The second-order valence-electron chi connectivity index (χ2n) is 19.6. The Labute approximate surface area is 423 Å². The number of carboxylic acid groups (broad SMARTS) is 2. The van der Waals surface area contributed by atoms with Gasteiger partial charge in [0.1, 0.15) is 23.9 Å². The van der Waals surface area contributed by atoms with Crippen LogP contribution in [0.2, 0.25) is 0 Å². The van der Waals surface area contributed by atoms with Crippen molar-refractivity contribution in [1.82, 2.24) is 28.9 Å². The second kappa shape index (κ2) is 23.2. The van der Waals surface area contributed by atoms with Crippen molar-refractivity contribution in [1.29, 1.82) is 0 Å². The lowest BCUT2D eigenvalue weighted by Crippen LogP contribution is -2.35. The molecular weight excluding hydrogens is 901 g/mol. The van der Waals surface area contributed by atoms with Crippen LogP contribution in [0.15, 0.2) is 134 Å². The van der Waals surface area contributed by atoms with Gasteiger partial charge in [0.05, 0.1) is 23.6 Å². The number of hydrogen-bond donors (Lipinski definition) is 2. The summed E-state index contributed by atoms with van der Waals surface area (Å²) in [5, 5.41) is 14.8. The van der Waals surface area contributed by atoms with E-state index in [1.807, 2.05) is 0 Å². The molecule has 4 aliphatic heterocycles. The van der Waals surface area contributed by atoms with Crippen molar-refractivity contribution in [2.75, 3.05) is 40.3 Å². The van der Waals surface area contributed by atoms with Crippen molar-refractivity contribution in [3.63, 3.8) is 0 Å². The van der Waals surface area contributed by atoms with Gasteiger partial charge in [0, 0.05) is 62.3 Å². The Hall–Kier alpha value is -6.70. The van der Waals surface area contributed by atoms with E-state index in [9.17, 15) is 0 Å². The number of aliphatic carboxylic acids is 2. The number of ether oxygens (including phenoxy) is 2.